The molecule has 8 nitrogen and oxygen atoms in total. The molecule has 2 rings (SSSR count). The molecule has 0 saturated heterocycles. The number of aliphatic imine (C=N–C) groups is 1. The monoisotopic (exact) mass is 464 g/mol. The van der Waals surface area contributed by atoms with Crippen molar-refractivity contribution in [3.05, 3.63) is 23.2 Å². The predicted octanol–water partition coefficient (Wildman–Crippen LogP) is 1.35. The Morgan fingerprint density at radius 1 is 1.38 bits per heavy atom. The number of guanidine groups is 1. The van der Waals surface area contributed by atoms with Crippen molar-refractivity contribution >= 4 is 46.4 Å². The van der Waals surface area contributed by atoms with E-state index in [-0.39, 0.29) is 24.0 Å². The number of hydrogen-bond acceptors (Lipinski definition) is 6. The standard InChI is InChI=1S/C14H24N8S.HI/c1-5-12-20-18-10-22(12)7-6-16-13(15-2)17-8-11-9-23-14(19-11)21(3)4;/h9-10H,5-8H2,1-4H3,(H2,15,16,17);1H. The van der Waals surface area contributed by atoms with E-state index >= 15 is 0 Å². The first-order valence-corrected chi connectivity index (χ1v) is 8.45. The number of nitrogens with zero attached hydrogens (tertiary/aromatic N) is 6. The maximum absolute atomic E-state index is 4.54. The zero-order valence-corrected chi connectivity index (χ0v) is 17.6. The molecule has 10 heteroatoms. The molecule has 0 bridgehead atoms. The van der Waals surface area contributed by atoms with Gasteiger partial charge in [0, 0.05) is 46.0 Å². The smallest absolute Gasteiger partial charge is 0.191 e. The minimum Gasteiger partial charge on any atom is -0.355 e. The van der Waals surface area contributed by atoms with Gasteiger partial charge in [-0.25, -0.2) is 4.98 Å². The van der Waals surface area contributed by atoms with Crippen molar-refractivity contribution in [1.29, 1.82) is 0 Å². The Morgan fingerprint density at radius 3 is 2.79 bits per heavy atom. The van der Waals surface area contributed by atoms with Crippen LogP contribution in [0, 0.1) is 0 Å². The molecule has 0 aliphatic carbocycles. The second-order valence-electron chi connectivity index (χ2n) is 5.16. The fourth-order valence-corrected chi connectivity index (χ4v) is 2.77. The van der Waals surface area contributed by atoms with Crippen molar-refractivity contribution in [2.45, 2.75) is 26.4 Å². The van der Waals surface area contributed by atoms with Gasteiger partial charge in [-0.05, 0) is 0 Å². The number of aryl methyl sites for hydroxylation is 1. The van der Waals surface area contributed by atoms with Crippen LogP contribution in [-0.4, -0.2) is 53.4 Å². The summed E-state index contributed by atoms with van der Waals surface area (Å²) in [5.41, 5.74) is 1.01. The molecule has 0 aromatic carbocycles. The lowest BCUT2D eigenvalue weighted by atomic mass is 10.4. The van der Waals surface area contributed by atoms with E-state index in [2.05, 4.69) is 43.1 Å². The summed E-state index contributed by atoms with van der Waals surface area (Å²) in [6, 6.07) is 0. The minimum atomic E-state index is 0. The lowest BCUT2D eigenvalue weighted by molar-refractivity contribution is 0.632. The van der Waals surface area contributed by atoms with E-state index < -0.39 is 0 Å². The average molecular weight is 464 g/mol. The van der Waals surface area contributed by atoms with Crippen molar-refractivity contribution in [3.8, 4) is 0 Å². The van der Waals surface area contributed by atoms with Crippen LogP contribution in [0.1, 0.15) is 18.4 Å². The molecular formula is C14H25IN8S. The van der Waals surface area contributed by atoms with Crippen molar-refractivity contribution in [1.82, 2.24) is 30.4 Å². The number of rotatable bonds is 7. The van der Waals surface area contributed by atoms with E-state index in [1.165, 1.54) is 0 Å². The fraction of sp³-hybridized carbons (Fsp3) is 0.571. The Balaban J connectivity index is 0.00000288. The van der Waals surface area contributed by atoms with Gasteiger partial charge in [-0.3, -0.25) is 4.99 Å². The lowest BCUT2D eigenvalue weighted by Gasteiger charge is -2.12. The molecule has 2 aromatic rings. The molecule has 0 aliphatic rings. The molecule has 0 atom stereocenters. The summed E-state index contributed by atoms with van der Waals surface area (Å²) in [6.45, 7) is 4.28. The topological polar surface area (TPSA) is 83.3 Å². The van der Waals surface area contributed by atoms with Crippen LogP contribution in [0.15, 0.2) is 16.7 Å². The van der Waals surface area contributed by atoms with E-state index in [4.69, 9.17) is 0 Å². The Kier molecular flexibility index (Phi) is 8.97. The SMILES string of the molecule is CCc1nncn1CCNC(=NC)NCc1csc(N(C)C)n1.I. The summed E-state index contributed by atoms with van der Waals surface area (Å²) in [6.07, 6.45) is 2.64. The van der Waals surface area contributed by atoms with Gasteiger partial charge in [0.15, 0.2) is 11.1 Å². The summed E-state index contributed by atoms with van der Waals surface area (Å²) < 4.78 is 2.05. The van der Waals surface area contributed by atoms with Crippen LogP contribution in [0.4, 0.5) is 5.13 Å². The second kappa shape index (κ2) is 10.4. The summed E-state index contributed by atoms with van der Waals surface area (Å²) in [7, 11) is 5.75. The zero-order valence-electron chi connectivity index (χ0n) is 14.5. The summed E-state index contributed by atoms with van der Waals surface area (Å²) in [4.78, 5) is 10.8. The molecule has 134 valence electrons. The first-order chi connectivity index (χ1) is 11.1. The molecule has 0 saturated carbocycles. The van der Waals surface area contributed by atoms with Crippen molar-refractivity contribution in [2.75, 3.05) is 32.6 Å². The molecule has 0 unspecified atom stereocenters. The van der Waals surface area contributed by atoms with Gasteiger partial charge in [-0.1, -0.05) is 6.92 Å². The fourth-order valence-electron chi connectivity index (χ4n) is 2.01. The molecule has 0 amide bonds. The van der Waals surface area contributed by atoms with Gasteiger partial charge in [-0.15, -0.1) is 45.5 Å². The zero-order chi connectivity index (χ0) is 16.7. The average Bonchev–Trinajstić information content (AvgIpc) is 3.19. The first kappa shape index (κ1) is 20.6. The third kappa shape index (κ3) is 5.89. The van der Waals surface area contributed by atoms with Gasteiger partial charge in [-0.2, -0.15) is 0 Å². The normalized spacial score (nSPS) is 11.1. The van der Waals surface area contributed by atoms with Crippen LogP contribution in [-0.2, 0) is 19.5 Å². The Bertz CT molecular complexity index is 636. The predicted molar refractivity (Wildman–Crippen MR) is 109 cm³/mol. The van der Waals surface area contributed by atoms with Crippen LogP contribution in [0.25, 0.3) is 0 Å². The van der Waals surface area contributed by atoms with Gasteiger partial charge in [0.05, 0.1) is 12.2 Å². The van der Waals surface area contributed by atoms with Crippen LogP contribution in [0.3, 0.4) is 0 Å². The largest absolute Gasteiger partial charge is 0.355 e. The Morgan fingerprint density at radius 2 is 2.17 bits per heavy atom. The maximum Gasteiger partial charge on any atom is 0.191 e. The van der Waals surface area contributed by atoms with E-state index in [0.29, 0.717) is 6.54 Å². The number of aromatic nitrogens is 4. The maximum atomic E-state index is 4.54. The van der Waals surface area contributed by atoms with E-state index in [9.17, 15) is 0 Å². The molecule has 0 spiro atoms. The van der Waals surface area contributed by atoms with Crippen LogP contribution < -0.4 is 15.5 Å². The minimum absolute atomic E-state index is 0. The van der Waals surface area contributed by atoms with Crippen LogP contribution in [0.2, 0.25) is 0 Å². The molecule has 2 aromatic heterocycles. The number of hydrogen-bond donors (Lipinski definition) is 2. The van der Waals surface area contributed by atoms with E-state index in [1.54, 1.807) is 24.7 Å². The van der Waals surface area contributed by atoms with Gasteiger partial charge >= 0.3 is 0 Å². The quantitative estimate of drug-likeness (QED) is 0.366. The highest BCUT2D eigenvalue weighted by Gasteiger charge is 2.05. The van der Waals surface area contributed by atoms with Crippen molar-refractivity contribution in [3.63, 3.8) is 0 Å². The Labute approximate surface area is 163 Å². The highest BCUT2D eigenvalue weighted by molar-refractivity contribution is 14.0. The summed E-state index contributed by atoms with van der Waals surface area (Å²) in [5, 5.41) is 17.6. The van der Waals surface area contributed by atoms with Gasteiger partial charge in [0.2, 0.25) is 0 Å². The number of nitrogens with one attached hydrogen (secondary N) is 2. The summed E-state index contributed by atoms with van der Waals surface area (Å²) >= 11 is 1.63. The molecule has 2 heterocycles. The van der Waals surface area contributed by atoms with Gasteiger partial charge in [0.1, 0.15) is 12.2 Å². The van der Waals surface area contributed by atoms with Crippen molar-refractivity contribution < 1.29 is 0 Å². The highest BCUT2D eigenvalue weighted by Crippen LogP contribution is 2.17. The molecule has 0 radical (unpaired) electrons. The number of thiazole rings is 1. The van der Waals surface area contributed by atoms with Gasteiger partial charge < -0.3 is 20.1 Å². The van der Waals surface area contributed by atoms with Crippen LogP contribution >= 0.6 is 35.3 Å². The molecule has 0 fully saturated rings. The summed E-state index contributed by atoms with van der Waals surface area (Å²) in [5.74, 6) is 1.75. The third-order valence-electron chi connectivity index (χ3n) is 3.24. The molecule has 2 N–H and O–H groups in total. The van der Waals surface area contributed by atoms with Crippen molar-refractivity contribution in [2.24, 2.45) is 4.99 Å². The number of halogens is 1. The Hall–Kier alpha value is -1.43. The van der Waals surface area contributed by atoms with E-state index in [0.717, 1.165) is 42.1 Å². The number of anilines is 1. The highest BCUT2D eigenvalue weighted by atomic mass is 127. The second-order valence-corrected chi connectivity index (χ2v) is 6.00. The molecule has 24 heavy (non-hydrogen) atoms. The lowest BCUT2D eigenvalue weighted by Crippen LogP contribution is -2.38. The van der Waals surface area contributed by atoms with E-state index in [1.807, 2.05) is 23.6 Å². The first-order valence-electron chi connectivity index (χ1n) is 7.57. The van der Waals surface area contributed by atoms with Gasteiger partial charge in [0.25, 0.3) is 0 Å². The van der Waals surface area contributed by atoms with Crippen LogP contribution in [0.5, 0.6) is 0 Å². The molecular weight excluding hydrogens is 439 g/mol. The third-order valence-corrected chi connectivity index (χ3v) is 4.30. The molecule has 0 aliphatic heterocycles.